The van der Waals surface area contributed by atoms with E-state index < -0.39 is 0 Å². The van der Waals surface area contributed by atoms with Crippen molar-refractivity contribution in [2.45, 2.75) is 13.1 Å². The number of hydrogen-bond acceptors (Lipinski definition) is 3. The number of Topliss-reactive ketones (excluding diaryl/α,β-unsaturated/α-hetero) is 1. The summed E-state index contributed by atoms with van der Waals surface area (Å²) in [7, 11) is 0. The van der Waals surface area contributed by atoms with Crippen LogP contribution in [0.4, 0.5) is 0 Å². The van der Waals surface area contributed by atoms with Crippen LogP contribution < -0.4 is 4.57 Å². The van der Waals surface area contributed by atoms with Gasteiger partial charge in [0.25, 0.3) is 6.33 Å². The molecule has 0 spiro atoms. The SMILES string of the molecule is O=C(C[n+]1cnn(Cc2c(-c3ccccc3)oc3ccccc23)c1)c1ccccc1-c1ccccc1. The van der Waals surface area contributed by atoms with E-state index in [1.54, 1.807) is 6.33 Å². The Morgan fingerprint density at radius 2 is 1.44 bits per heavy atom. The van der Waals surface area contributed by atoms with Gasteiger partial charge in [-0.25, -0.2) is 4.57 Å². The average molecular weight is 471 g/mol. The Bertz CT molecular complexity index is 1650. The van der Waals surface area contributed by atoms with Crippen molar-refractivity contribution >= 4 is 16.8 Å². The topological polar surface area (TPSA) is 51.9 Å². The van der Waals surface area contributed by atoms with Crippen molar-refractivity contribution in [1.82, 2.24) is 9.78 Å². The number of hydrogen-bond donors (Lipinski definition) is 0. The molecule has 0 fully saturated rings. The second kappa shape index (κ2) is 9.47. The quantitative estimate of drug-likeness (QED) is 0.207. The molecule has 2 aromatic heterocycles. The number of nitrogens with zero attached hydrogens (tertiary/aromatic N) is 3. The fourth-order valence-corrected chi connectivity index (χ4v) is 4.61. The molecule has 0 N–H and O–H groups in total. The molecule has 0 aliphatic rings. The van der Waals surface area contributed by atoms with Crippen molar-refractivity contribution in [2.75, 3.05) is 0 Å². The smallest absolute Gasteiger partial charge is 0.265 e. The van der Waals surface area contributed by atoms with Crippen molar-refractivity contribution in [2.24, 2.45) is 0 Å². The predicted octanol–water partition coefficient (Wildman–Crippen LogP) is 6.18. The number of para-hydroxylation sites is 1. The zero-order valence-electron chi connectivity index (χ0n) is 19.6. The molecule has 0 saturated carbocycles. The Morgan fingerprint density at radius 1 is 0.778 bits per heavy atom. The van der Waals surface area contributed by atoms with Gasteiger partial charge in [0.05, 0.1) is 0 Å². The molecule has 36 heavy (non-hydrogen) atoms. The van der Waals surface area contributed by atoms with E-state index in [1.165, 1.54) is 0 Å². The van der Waals surface area contributed by atoms with E-state index >= 15 is 0 Å². The van der Waals surface area contributed by atoms with Crippen LogP contribution in [-0.2, 0) is 13.1 Å². The summed E-state index contributed by atoms with van der Waals surface area (Å²) in [5, 5.41) is 5.61. The second-order valence-electron chi connectivity index (χ2n) is 8.72. The van der Waals surface area contributed by atoms with Gasteiger partial charge >= 0.3 is 0 Å². The van der Waals surface area contributed by atoms with Crippen LogP contribution in [0.3, 0.4) is 0 Å². The molecule has 2 heterocycles. The number of carbonyl (C=O) groups is 1. The zero-order valence-corrected chi connectivity index (χ0v) is 19.6. The van der Waals surface area contributed by atoms with Gasteiger partial charge in [0.1, 0.15) is 24.4 Å². The lowest BCUT2D eigenvalue weighted by atomic mass is 9.97. The van der Waals surface area contributed by atoms with Crippen LogP contribution in [-0.4, -0.2) is 15.6 Å². The van der Waals surface area contributed by atoms with E-state index in [2.05, 4.69) is 11.2 Å². The predicted molar refractivity (Wildman–Crippen MR) is 139 cm³/mol. The third kappa shape index (κ3) is 4.23. The Hall–Kier alpha value is -4.77. The summed E-state index contributed by atoms with van der Waals surface area (Å²) in [6, 6.07) is 35.9. The molecule has 6 aromatic rings. The molecule has 0 aliphatic carbocycles. The van der Waals surface area contributed by atoms with E-state index in [4.69, 9.17) is 4.42 Å². The van der Waals surface area contributed by atoms with Crippen molar-refractivity contribution in [3.8, 4) is 22.5 Å². The molecule has 5 heteroatoms. The maximum absolute atomic E-state index is 13.3. The standard InChI is InChI=1S/C31H24N3O2/c35-29(26-16-8-7-15-25(26)23-11-3-1-4-12-23)20-33-21-32-34(22-33)19-28-27-17-9-10-18-30(27)36-31(28)24-13-5-2-6-14-24/h1-18,21-22H,19-20H2/q+1. The minimum absolute atomic E-state index is 0.0396. The first kappa shape index (κ1) is 21.7. The van der Waals surface area contributed by atoms with Crippen LogP contribution in [0.1, 0.15) is 15.9 Å². The Kier molecular flexibility index (Phi) is 5.72. The van der Waals surface area contributed by atoms with Gasteiger partial charge in [-0.1, -0.05) is 103 Å². The van der Waals surface area contributed by atoms with E-state index in [9.17, 15) is 4.79 Å². The van der Waals surface area contributed by atoms with Crippen LogP contribution >= 0.6 is 0 Å². The molecule has 0 unspecified atom stereocenters. The Morgan fingerprint density at radius 3 is 2.25 bits per heavy atom. The molecular formula is C31H24N3O2+. The summed E-state index contributed by atoms with van der Waals surface area (Å²) in [5.41, 5.74) is 5.61. The zero-order chi connectivity index (χ0) is 24.3. The van der Waals surface area contributed by atoms with E-state index in [-0.39, 0.29) is 12.3 Å². The third-order valence-corrected chi connectivity index (χ3v) is 6.32. The minimum Gasteiger partial charge on any atom is -0.456 e. The first-order chi connectivity index (χ1) is 17.8. The molecule has 4 aromatic carbocycles. The van der Waals surface area contributed by atoms with Crippen molar-refractivity contribution in [3.05, 3.63) is 133 Å². The molecule has 0 bridgehead atoms. The first-order valence-corrected chi connectivity index (χ1v) is 11.9. The summed E-state index contributed by atoms with van der Waals surface area (Å²) in [5.74, 6) is 0.879. The fourth-order valence-electron chi connectivity index (χ4n) is 4.61. The third-order valence-electron chi connectivity index (χ3n) is 6.32. The van der Waals surface area contributed by atoms with Gasteiger partial charge in [0.15, 0.2) is 5.78 Å². The molecular weight excluding hydrogens is 446 g/mol. The molecule has 0 atom stereocenters. The summed E-state index contributed by atoms with van der Waals surface area (Å²) in [6.07, 6.45) is 3.58. The lowest BCUT2D eigenvalue weighted by Gasteiger charge is -2.08. The number of furan rings is 1. The molecule has 5 nitrogen and oxygen atoms in total. The lowest BCUT2D eigenvalue weighted by molar-refractivity contribution is -0.683. The summed E-state index contributed by atoms with van der Waals surface area (Å²) < 4.78 is 9.92. The number of aromatic nitrogens is 3. The van der Waals surface area contributed by atoms with E-state index in [1.807, 2.05) is 119 Å². The molecule has 0 saturated heterocycles. The van der Waals surface area contributed by atoms with Crippen molar-refractivity contribution < 1.29 is 13.8 Å². The summed E-state index contributed by atoms with van der Waals surface area (Å²) in [4.78, 5) is 13.3. The second-order valence-corrected chi connectivity index (χ2v) is 8.72. The molecule has 0 aliphatic heterocycles. The molecule has 174 valence electrons. The lowest BCUT2D eigenvalue weighted by Crippen LogP contribution is -2.36. The highest BCUT2D eigenvalue weighted by molar-refractivity contribution is 6.01. The normalized spacial score (nSPS) is 11.1. The highest BCUT2D eigenvalue weighted by atomic mass is 16.3. The number of carbonyl (C=O) groups excluding carboxylic acids is 1. The van der Waals surface area contributed by atoms with Crippen LogP contribution in [0.5, 0.6) is 0 Å². The Labute approximate surface area is 208 Å². The van der Waals surface area contributed by atoms with Gasteiger partial charge < -0.3 is 4.42 Å². The number of fused-ring (bicyclic) bond motifs is 1. The maximum Gasteiger partial charge on any atom is 0.265 e. The largest absolute Gasteiger partial charge is 0.456 e. The fraction of sp³-hybridized carbons (Fsp3) is 0.0645. The first-order valence-electron chi connectivity index (χ1n) is 11.9. The van der Waals surface area contributed by atoms with Gasteiger partial charge in [-0.3, -0.25) is 4.79 Å². The number of benzene rings is 4. The number of rotatable bonds is 7. The number of ketones is 1. The summed E-state index contributed by atoms with van der Waals surface area (Å²) in [6.45, 7) is 0.741. The van der Waals surface area contributed by atoms with Gasteiger partial charge in [0, 0.05) is 27.2 Å². The van der Waals surface area contributed by atoms with Gasteiger partial charge in [-0.15, -0.1) is 4.68 Å². The van der Waals surface area contributed by atoms with Gasteiger partial charge in [0.2, 0.25) is 6.33 Å². The van der Waals surface area contributed by atoms with Crippen molar-refractivity contribution in [3.63, 3.8) is 0 Å². The minimum atomic E-state index is 0.0396. The van der Waals surface area contributed by atoms with Crippen molar-refractivity contribution in [1.29, 1.82) is 0 Å². The van der Waals surface area contributed by atoms with Gasteiger partial charge in [-0.2, -0.15) is 0 Å². The van der Waals surface area contributed by atoms with E-state index in [0.717, 1.165) is 39.0 Å². The van der Waals surface area contributed by atoms with Crippen LogP contribution in [0.15, 0.2) is 126 Å². The molecule has 6 rings (SSSR count). The highest BCUT2D eigenvalue weighted by Gasteiger charge is 2.20. The van der Waals surface area contributed by atoms with E-state index in [0.29, 0.717) is 12.1 Å². The van der Waals surface area contributed by atoms with Crippen LogP contribution in [0.25, 0.3) is 33.4 Å². The Balaban J connectivity index is 1.28. The summed E-state index contributed by atoms with van der Waals surface area (Å²) >= 11 is 0. The van der Waals surface area contributed by atoms with Crippen LogP contribution in [0, 0.1) is 0 Å². The van der Waals surface area contributed by atoms with Crippen LogP contribution in [0.2, 0.25) is 0 Å². The molecule has 0 amide bonds. The van der Waals surface area contributed by atoms with Gasteiger partial charge in [-0.05, 0) is 17.2 Å². The monoisotopic (exact) mass is 470 g/mol. The highest BCUT2D eigenvalue weighted by Crippen LogP contribution is 2.34. The average Bonchev–Trinajstić information content (AvgIpc) is 3.54. The maximum atomic E-state index is 13.3. The molecule has 0 radical (unpaired) electrons.